The zero-order valence-corrected chi connectivity index (χ0v) is 12.3. The Hall–Kier alpha value is -2.01. The normalized spacial score (nSPS) is 17.3. The smallest absolute Gasteiger partial charge is 0.314 e. The number of nitrogens with zero attached hydrogens (tertiary/aromatic N) is 2. The van der Waals surface area contributed by atoms with E-state index < -0.39 is 5.92 Å². The second kappa shape index (κ2) is 5.41. The van der Waals surface area contributed by atoms with Crippen molar-refractivity contribution in [3.05, 3.63) is 35.1 Å². The fourth-order valence-corrected chi connectivity index (χ4v) is 3.14. The van der Waals surface area contributed by atoms with Gasteiger partial charge in [0.25, 0.3) is 0 Å². The van der Waals surface area contributed by atoms with E-state index in [1.807, 2.05) is 10.6 Å². The summed E-state index contributed by atoms with van der Waals surface area (Å²) in [6.45, 7) is 0.714. The number of ether oxygens (including phenoxy) is 1. The van der Waals surface area contributed by atoms with Crippen molar-refractivity contribution < 1.29 is 14.6 Å². The number of benzene rings is 1. The van der Waals surface area contributed by atoms with Crippen molar-refractivity contribution in [3.63, 3.8) is 0 Å². The summed E-state index contributed by atoms with van der Waals surface area (Å²) in [5.41, 5.74) is 1.28. The number of hydrogen-bond acceptors (Lipinski definition) is 4. The van der Waals surface area contributed by atoms with Crippen LogP contribution in [0.15, 0.2) is 24.3 Å². The number of fused-ring (bicyclic) bond motifs is 1. The number of hydrogen-bond donors (Lipinski definition) is 1. The number of para-hydroxylation sites is 1. The second-order valence-electron chi connectivity index (χ2n) is 5.00. The maximum Gasteiger partial charge on any atom is 0.314 e. The van der Waals surface area contributed by atoms with Crippen LogP contribution in [0.1, 0.15) is 24.5 Å². The number of aromatic hydroxyl groups is 1. The number of imidazole rings is 1. The van der Waals surface area contributed by atoms with Crippen LogP contribution in [0.2, 0.25) is 5.15 Å². The van der Waals surface area contributed by atoms with Crippen molar-refractivity contribution in [2.45, 2.75) is 25.3 Å². The molecule has 0 radical (unpaired) electrons. The molecule has 110 valence electrons. The highest BCUT2D eigenvalue weighted by Crippen LogP contribution is 2.39. The van der Waals surface area contributed by atoms with Gasteiger partial charge >= 0.3 is 5.97 Å². The summed E-state index contributed by atoms with van der Waals surface area (Å²) in [5.74, 6) is 0.0220. The van der Waals surface area contributed by atoms with Crippen LogP contribution in [0.25, 0.3) is 11.4 Å². The summed E-state index contributed by atoms with van der Waals surface area (Å²) in [4.78, 5) is 16.3. The van der Waals surface area contributed by atoms with Crippen molar-refractivity contribution in [1.82, 2.24) is 9.55 Å². The zero-order chi connectivity index (χ0) is 15.0. The lowest BCUT2D eigenvalue weighted by Gasteiger charge is -2.23. The number of phenolic OH excluding ortho intramolecular Hbond substituents is 1. The van der Waals surface area contributed by atoms with Crippen LogP contribution < -0.4 is 0 Å². The molecular weight excluding hydrogens is 292 g/mol. The van der Waals surface area contributed by atoms with E-state index in [9.17, 15) is 9.90 Å². The number of aromatic nitrogens is 2. The number of methoxy groups -OCH3 is 1. The quantitative estimate of drug-likeness (QED) is 0.866. The summed E-state index contributed by atoms with van der Waals surface area (Å²) in [5, 5.41) is 10.3. The van der Waals surface area contributed by atoms with Crippen LogP contribution in [0.5, 0.6) is 5.75 Å². The van der Waals surface area contributed by atoms with Crippen LogP contribution in [0.4, 0.5) is 0 Å². The number of carbonyl (C=O) groups is 1. The highest BCUT2D eigenvalue weighted by atomic mass is 35.5. The van der Waals surface area contributed by atoms with Gasteiger partial charge in [0.2, 0.25) is 0 Å². The first kappa shape index (κ1) is 13.9. The number of phenols is 1. The topological polar surface area (TPSA) is 64.3 Å². The van der Waals surface area contributed by atoms with Crippen LogP contribution in [0, 0.1) is 0 Å². The van der Waals surface area contributed by atoms with Crippen LogP contribution in [0.3, 0.4) is 0 Å². The SMILES string of the molecule is COC(=O)C1CCCn2c(-c3ccccc3O)nc(Cl)c21. The van der Waals surface area contributed by atoms with Gasteiger partial charge in [0.05, 0.1) is 18.4 Å². The lowest BCUT2D eigenvalue weighted by Crippen LogP contribution is -2.23. The van der Waals surface area contributed by atoms with Gasteiger partial charge in [-0.15, -0.1) is 0 Å². The van der Waals surface area contributed by atoms with E-state index in [0.717, 1.165) is 6.42 Å². The third-order valence-electron chi connectivity index (χ3n) is 3.80. The minimum Gasteiger partial charge on any atom is -0.507 e. The number of carbonyl (C=O) groups excluding carboxylic acids is 1. The van der Waals surface area contributed by atoms with E-state index in [4.69, 9.17) is 16.3 Å². The molecule has 5 nitrogen and oxygen atoms in total. The first-order valence-corrected chi connectivity index (χ1v) is 7.13. The lowest BCUT2D eigenvalue weighted by molar-refractivity contribution is -0.143. The number of halogens is 1. The summed E-state index contributed by atoms with van der Waals surface area (Å²) < 4.78 is 6.76. The van der Waals surface area contributed by atoms with Crippen molar-refractivity contribution in [2.75, 3.05) is 7.11 Å². The molecule has 0 bridgehead atoms. The maximum absolute atomic E-state index is 11.9. The van der Waals surface area contributed by atoms with Gasteiger partial charge in [-0.25, -0.2) is 4.98 Å². The molecule has 0 amide bonds. The molecule has 6 heteroatoms. The number of esters is 1. The minimum absolute atomic E-state index is 0.141. The summed E-state index contributed by atoms with van der Waals surface area (Å²) in [6.07, 6.45) is 1.53. The molecule has 1 atom stereocenters. The van der Waals surface area contributed by atoms with Crippen molar-refractivity contribution in [2.24, 2.45) is 0 Å². The fourth-order valence-electron chi connectivity index (χ4n) is 2.82. The van der Waals surface area contributed by atoms with E-state index >= 15 is 0 Å². The molecule has 1 unspecified atom stereocenters. The Bertz CT molecular complexity index is 696. The fraction of sp³-hybridized carbons (Fsp3) is 0.333. The molecule has 1 aliphatic heterocycles. The van der Waals surface area contributed by atoms with Gasteiger partial charge < -0.3 is 14.4 Å². The van der Waals surface area contributed by atoms with Gasteiger partial charge in [-0.2, -0.15) is 0 Å². The van der Waals surface area contributed by atoms with Gasteiger partial charge in [-0.3, -0.25) is 4.79 Å². The third kappa shape index (κ3) is 2.27. The minimum atomic E-state index is -0.400. The Morgan fingerprint density at radius 2 is 2.24 bits per heavy atom. The molecular formula is C15H15ClN2O3. The monoisotopic (exact) mass is 306 g/mol. The Labute approximate surface area is 127 Å². The van der Waals surface area contributed by atoms with Crippen LogP contribution >= 0.6 is 11.6 Å². The van der Waals surface area contributed by atoms with Crippen molar-refractivity contribution >= 4 is 17.6 Å². The Kier molecular flexibility index (Phi) is 3.59. The number of rotatable bonds is 2. The highest BCUT2D eigenvalue weighted by molar-refractivity contribution is 6.30. The predicted octanol–water partition coefficient (Wildman–Crippen LogP) is 2.96. The van der Waals surface area contributed by atoms with Gasteiger partial charge in [0, 0.05) is 6.54 Å². The molecule has 0 spiro atoms. The predicted molar refractivity (Wildman–Crippen MR) is 78.3 cm³/mol. The first-order valence-electron chi connectivity index (χ1n) is 6.75. The first-order chi connectivity index (χ1) is 10.1. The van der Waals surface area contributed by atoms with Gasteiger partial charge in [0.1, 0.15) is 17.5 Å². The summed E-state index contributed by atoms with van der Waals surface area (Å²) in [7, 11) is 1.37. The second-order valence-corrected chi connectivity index (χ2v) is 5.36. The largest absolute Gasteiger partial charge is 0.507 e. The molecule has 1 aliphatic rings. The van der Waals surface area contributed by atoms with E-state index in [-0.39, 0.29) is 11.7 Å². The molecule has 0 fully saturated rings. The molecule has 21 heavy (non-hydrogen) atoms. The third-order valence-corrected chi connectivity index (χ3v) is 4.08. The Morgan fingerprint density at radius 3 is 2.95 bits per heavy atom. The van der Waals surface area contributed by atoms with E-state index in [1.165, 1.54) is 7.11 Å². The van der Waals surface area contributed by atoms with Crippen molar-refractivity contribution in [1.29, 1.82) is 0 Å². The van der Waals surface area contributed by atoms with Gasteiger partial charge in [-0.05, 0) is 25.0 Å². The Balaban J connectivity index is 2.15. The van der Waals surface area contributed by atoms with E-state index in [2.05, 4.69) is 4.98 Å². The molecule has 1 aromatic heterocycles. The molecule has 0 saturated heterocycles. The molecule has 2 aromatic rings. The summed E-state index contributed by atoms with van der Waals surface area (Å²) >= 11 is 6.24. The molecule has 0 aliphatic carbocycles. The molecule has 1 N–H and O–H groups in total. The standard InChI is InChI=1S/C15H15ClN2O3/c1-21-15(20)10-6-4-8-18-12(10)13(16)17-14(18)9-5-2-3-7-11(9)19/h2-3,5,7,10,19H,4,6,8H2,1H3. The lowest BCUT2D eigenvalue weighted by atomic mass is 9.96. The van der Waals surface area contributed by atoms with Crippen molar-refractivity contribution in [3.8, 4) is 17.1 Å². The van der Waals surface area contributed by atoms with E-state index in [1.54, 1.807) is 18.2 Å². The maximum atomic E-state index is 11.9. The molecule has 0 saturated carbocycles. The summed E-state index contributed by atoms with van der Waals surface area (Å²) in [6, 6.07) is 6.96. The van der Waals surface area contributed by atoms with Gasteiger partial charge in [-0.1, -0.05) is 23.7 Å². The van der Waals surface area contributed by atoms with E-state index in [0.29, 0.717) is 35.2 Å². The van der Waals surface area contributed by atoms with Crippen LogP contribution in [-0.2, 0) is 16.1 Å². The molecule has 1 aromatic carbocycles. The average molecular weight is 307 g/mol. The molecule has 2 heterocycles. The Morgan fingerprint density at radius 1 is 1.48 bits per heavy atom. The zero-order valence-electron chi connectivity index (χ0n) is 11.5. The average Bonchev–Trinajstić information content (AvgIpc) is 2.84. The highest BCUT2D eigenvalue weighted by Gasteiger charge is 2.33. The van der Waals surface area contributed by atoms with Gasteiger partial charge in [0.15, 0.2) is 5.15 Å². The van der Waals surface area contributed by atoms with Crippen LogP contribution in [-0.4, -0.2) is 27.7 Å². The molecule has 3 rings (SSSR count).